The summed E-state index contributed by atoms with van der Waals surface area (Å²) in [4.78, 5) is 0. The normalized spacial score (nSPS) is 45.2. The highest BCUT2D eigenvalue weighted by Gasteiger charge is 2.55. The van der Waals surface area contributed by atoms with Gasteiger partial charge in [0, 0.05) is 11.3 Å². The monoisotopic (exact) mass is 186 g/mol. The standard InChI is InChI=1S/C10H18O3/c1-7-8-5-11-10(13-7,12-6-8)9(2,3)4/h7-8H,5-6H2,1-4H3. The van der Waals surface area contributed by atoms with Crippen molar-refractivity contribution in [3.63, 3.8) is 0 Å². The second-order valence-corrected chi connectivity index (χ2v) is 5.01. The summed E-state index contributed by atoms with van der Waals surface area (Å²) in [7, 11) is 0. The van der Waals surface area contributed by atoms with Crippen LogP contribution in [-0.4, -0.2) is 25.3 Å². The van der Waals surface area contributed by atoms with Gasteiger partial charge in [0.05, 0.1) is 19.3 Å². The second-order valence-electron chi connectivity index (χ2n) is 5.01. The van der Waals surface area contributed by atoms with Gasteiger partial charge in [0.1, 0.15) is 0 Å². The molecule has 3 saturated heterocycles. The third kappa shape index (κ3) is 1.30. The predicted molar refractivity (Wildman–Crippen MR) is 48.1 cm³/mol. The molecular formula is C10H18O3. The number of ether oxygens (including phenoxy) is 3. The number of fused-ring (bicyclic) bond motifs is 3. The molecule has 1 unspecified atom stereocenters. The van der Waals surface area contributed by atoms with Crippen molar-refractivity contribution in [3.8, 4) is 0 Å². The first-order valence-electron chi connectivity index (χ1n) is 4.90. The molecule has 0 aliphatic carbocycles. The van der Waals surface area contributed by atoms with E-state index in [9.17, 15) is 0 Å². The van der Waals surface area contributed by atoms with Gasteiger partial charge in [-0.15, -0.1) is 0 Å². The van der Waals surface area contributed by atoms with E-state index in [4.69, 9.17) is 14.2 Å². The molecule has 1 atom stereocenters. The maximum Gasteiger partial charge on any atom is 0.288 e. The van der Waals surface area contributed by atoms with Gasteiger partial charge in [-0.3, -0.25) is 0 Å². The fourth-order valence-electron chi connectivity index (χ4n) is 1.81. The highest BCUT2D eigenvalue weighted by molar-refractivity contribution is 4.87. The van der Waals surface area contributed by atoms with E-state index >= 15 is 0 Å². The van der Waals surface area contributed by atoms with E-state index in [0.29, 0.717) is 5.92 Å². The van der Waals surface area contributed by atoms with Crippen LogP contribution < -0.4 is 0 Å². The lowest BCUT2D eigenvalue weighted by Crippen LogP contribution is -2.63. The maximum atomic E-state index is 5.79. The predicted octanol–water partition coefficient (Wildman–Crippen LogP) is 1.77. The van der Waals surface area contributed by atoms with Crippen molar-refractivity contribution in [3.05, 3.63) is 0 Å². The Hall–Kier alpha value is -0.120. The van der Waals surface area contributed by atoms with Gasteiger partial charge < -0.3 is 14.2 Å². The van der Waals surface area contributed by atoms with Gasteiger partial charge in [0.15, 0.2) is 0 Å². The third-order valence-corrected chi connectivity index (χ3v) is 2.90. The van der Waals surface area contributed by atoms with Crippen molar-refractivity contribution in [2.24, 2.45) is 11.3 Å². The molecule has 0 N–H and O–H groups in total. The molecular weight excluding hydrogens is 168 g/mol. The van der Waals surface area contributed by atoms with Gasteiger partial charge in [-0.2, -0.15) is 0 Å². The molecule has 0 amide bonds. The summed E-state index contributed by atoms with van der Waals surface area (Å²) in [5, 5.41) is 0. The number of hydrogen-bond donors (Lipinski definition) is 0. The highest BCUT2D eigenvalue weighted by atomic mass is 16.9. The Kier molecular flexibility index (Phi) is 1.95. The van der Waals surface area contributed by atoms with Crippen LogP contribution in [0.3, 0.4) is 0 Å². The summed E-state index contributed by atoms with van der Waals surface area (Å²) in [6.07, 6.45) is 0.252. The molecule has 0 aromatic rings. The molecule has 76 valence electrons. The summed E-state index contributed by atoms with van der Waals surface area (Å²) in [5.74, 6) is -0.398. The van der Waals surface area contributed by atoms with Crippen molar-refractivity contribution < 1.29 is 14.2 Å². The Morgan fingerprint density at radius 3 is 2.00 bits per heavy atom. The second kappa shape index (κ2) is 2.69. The fourth-order valence-corrected chi connectivity index (χ4v) is 1.81. The van der Waals surface area contributed by atoms with E-state index in [1.165, 1.54) is 0 Å². The SMILES string of the molecule is CC1OC2(C(C)(C)C)OCC1CO2. The van der Waals surface area contributed by atoms with Gasteiger partial charge >= 0.3 is 0 Å². The van der Waals surface area contributed by atoms with Gasteiger partial charge in [0.2, 0.25) is 0 Å². The van der Waals surface area contributed by atoms with E-state index in [0.717, 1.165) is 13.2 Å². The van der Waals surface area contributed by atoms with Gasteiger partial charge in [-0.1, -0.05) is 20.8 Å². The summed E-state index contributed by atoms with van der Waals surface area (Å²) in [6, 6.07) is 0. The van der Waals surface area contributed by atoms with E-state index in [-0.39, 0.29) is 11.5 Å². The first-order chi connectivity index (χ1) is 5.95. The topological polar surface area (TPSA) is 27.7 Å². The summed E-state index contributed by atoms with van der Waals surface area (Å²) in [6.45, 7) is 9.84. The zero-order valence-electron chi connectivity index (χ0n) is 8.79. The Bertz CT molecular complexity index is 199. The van der Waals surface area contributed by atoms with Gasteiger partial charge in [-0.05, 0) is 6.92 Å². The molecule has 0 aromatic carbocycles. The average Bonchev–Trinajstić information content (AvgIpc) is 2.04. The van der Waals surface area contributed by atoms with Crippen LogP contribution in [0.4, 0.5) is 0 Å². The van der Waals surface area contributed by atoms with Crippen molar-refractivity contribution >= 4 is 0 Å². The Morgan fingerprint density at radius 2 is 1.69 bits per heavy atom. The van der Waals surface area contributed by atoms with E-state index in [2.05, 4.69) is 27.7 Å². The molecule has 3 heterocycles. The van der Waals surface area contributed by atoms with Crippen LogP contribution in [-0.2, 0) is 14.2 Å². The molecule has 3 aliphatic heterocycles. The minimum absolute atomic E-state index is 0.132. The lowest BCUT2D eigenvalue weighted by Gasteiger charge is -2.54. The maximum absolute atomic E-state index is 5.79. The van der Waals surface area contributed by atoms with Crippen LogP contribution in [0.5, 0.6) is 0 Å². The zero-order chi connectivity index (χ0) is 9.69. The molecule has 13 heavy (non-hydrogen) atoms. The first kappa shape index (κ1) is 9.44. The van der Waals surface area contributed by atoms with Crippen molar-refractivity contribution in [1.29, 1.82) is 0 Å². The molecule has 0 aromatic heterocycles. The number of rotatable bonds is 0. The van der Waals surface area contributed by atoms with Crippen molar-refractivity contribution in [2.45, 2.75) is 39.8 Å². The van der Waals surface area contributed by atoms with Crippen molar-refractivity contribution in [2.75, 3.05) is 13.2 Å². The van der Waals surface area contributed by atoms with Crippen LogP contribution >= 0.6 is 0 Å². The Morgan fingerprint density at radius 1 is 1.15 bits per heavy atom. The van der Waals surface area contributed by atoms with Crippen molar-refractivity contribution in [1.82, 2.24) is 0 Å². The molecule has 0 spiro atoms. The van der Waals surface area contributed by atoms with E-state index in [1.807, 2.05) is 0 Å². The van der Waals surface area contributed by atoms with Crippen LogP contribution in [0.1, 0.15) is 27.7 Å². The largest absolute Gasteiger partial charge is 0.327 e. The van der Waals surface area contributed by atoms with Gasteiger partial charge in [-0.25, -0.2) is 0 Å². The molecule has 3 heteroatoms. The Labute approximate surface area is 79.4 Å². The minimum Gasteiger partial charge on any atom is -0.327 e. The van der Waals surface area contributed by atoms with Gasteiger partial charge in [0.25, 0.3) is 5.97 Å². The summed E-state index contributed by atoms with van der Waals surface area (Å²) < 4.78 is 17.1. The quantitative estimate of drug-likeness (QED) is 0.577. The fraction of sp³-hybridized carbons (Fsp3) is 1.00. The molecule has 3 fully saturated rings. The van der Waals surface area contributed by atoms with Crippen LogP contribution in [0.2, 0.25) is 0 Å². The smallest absolute Gasteiger partial charge is 0.288 e. The third-order valence-electron chi connectivity index (χ3n) is 2.90. The lowest BCUT2D eigenvalue weighted by atomic mass is 9.89. The van der Waals surface area contributed by atoms with Crippen LogP contribution in [0.15, 0.2) is 0 Å². The highest BCUT2D eigenvalue weighted by Crippen LogP contribution is 2.45. The van der Waals surface area contributed by atoms with E-state index in [1.54, 1.807) is 0 Å². The zero-order valence-corrected chi connectivity index (χ0v) is 8.79. The molecule has 2 bridgehead atoms. The molecule has 3 nitrogen and oxygen atoms in total. The number of hydrogen-bond acceptors (Lipinski definition) is 3. The first-order valence-corrected chi connectivity index (χ1v) is 4.90. The van der Waals surface area contributed by atoms with Crippen LogP contribution in [0, 0.1) is 11.3 Å². The minimum atomic E-state index is -0.804. The lowest BCUT2D eigenvalue weighted by molar-refractivity contribution is -0.497. The Balaban J connectivity index is 2.23. The summed E-state index contributed by atoms with van der Waals surface area (Å²) >= 11 is 0. The average molecular weight is 186 g/mol. The molecule has 0 saturated carbocycles. The van der Waals surface area contributed by atoms with Crippen LogP contribution in [0.25, 0.3) is 0 Å². The van der Waals surface area contributed by atoms with E-state index < -0.39 is 5.97 Å². The molecule has 3 aliphatic rings. The molecule has 0 radical (unpaired) electrons. The molecule has 3 rings (SSSR count). The summed E-state index contributed by atoms with van der Waals surface area (Å²) in [5.41, 5.74) is -0.132.